The van der Waals surface area contributed by atoms with Gasteiger partial charge in [-0.2, -0.15) is 5.10 Å². The van der Waals surface area contributed by atoms with Gasteiger partial charge in [0.15, 0.2) is 0 Å². The topological polar surface area (TPSA) is 96.3 Å². The number of nitrogens with two attached hydrogens (primary N) is 1. The normalized spacial score (nSPS) is 18.3. The molecule has 2 heterocycles. The molecule has 0 aromatic carbocycles. The van der Waals surface area contributed by atoms with Crippen molar-refractivity contribution in [1.29, 1.82) is 0 Å². The van der Waals surface area contributed by atoms with E-state index >= 15 is 0 Å². The van der Waals surface area contributed by atoms with Crippen molar-refractivity contribution in [2.24, 2.45) is 11.7 Å². The molecule has 1 aliphatic carbocycles. The van der Waals surface area contributed by atoms with Gasteiger partial charge in [0.25, 0.3) is 0 Å². The highest BCUT2D eigenvalue weighted by Crippen LogP contribution is 2.33. The van der Waals surface area contributed by atoms with E-state index in [0.29, 0.717) is 24.8 Å². The van der Waals surface area contributed by atoms with Gasteiger partial charge in [-0.25, -0.2) is 0 Å². The summed E-state index contributed by atoms with van der Waals surface area (Å²) in [6.07, 6.45) is 11.5. The van der Waals surface area contributed by atoms with E-state index < -0.39 is 0 Å². The summed E-state index contributed by atoms with van der Waals surface area (Å²) in [7, 11) is 2.12. The first kappa shape index (κ1) is 23.8. The van der Waals surface area contributed by atoms with Crippen LogP contribution < -0.4 is 11.1 Å². The molecule has 0 unspecified atom stereocenters. The molecule has 0 atom stereocenters. The predicted octanol–water partition coefficient (Wildman–Crippen LogP) is 2.79. The number of aromatic amines is 1. The highest BCUT2D eigenvalue weighted by Gasteiger charge is 2.20. The number of hydrogen-bond acceptors (Lipinski definition) is 5. The van der Waals surface area contributed by atoms with Gasteiger partial charge in [0.2, 0.25) is 5.91 Å². The fourth-order valence-corrected chi connectivity index (χ4v) is 4.12. The van der Waals surface area contributed by atoms with Crippen molar-refractivity contribution in [3.05, 3.63) is 17.5 Å². The smallest absolute Gasteiger partial charge is 0.219 e. The van der Waals surface area contributed by atoms with Crippen molar-refractivity contribution >= 4 is 5.91 Å². The Morgan fingerprint density at radius 3 is 2.66 bits per heavy atom. The molecule has 1 aromatic rings. The first-order valence-corrected chi connectivity index (χ1v) is 11.4. The van der Waals surface area contributed by atoms with Crippen LogP contribution in [0.2, 0.25) is 0 Å². The first-order chi connectivity index (χ1) is 14.1. The van der Waals surface area contributed by atoms with Crippen LogP contribution in [0.1, 0.15) is 75.5 Å². The number of ether oxygens (including phenoxy) is 1. The van der Waals surface area contributed by atoms with E-state index in [1.54, 1.807) is 0 Å². The zero-order valence-electron chi connectivity index (χ0n) is 18.4. The number of hydrogen-bond donors (Lipinski definition) is 3. The highest BCUT2D eigenvalue weighted by molar-refractivity contribution is 5.75. The SMILES string of the molecule is CCC(=O)NCC1CCOCC1.CN(CCN)Cc1cn[nH]c1C1CCCCC1. The van der Waals surface area contributed by atoms with Crippen molar-refractivity contribution in [2.75, 3.05) is 39.9 Å². The van der Waals surface area contributed by atoms with E-state index in [1.807, 2.05) is 13.1 Å². The minimum Gasteiger partial charge on any atom is -0.381 e. The molecule has 1 saturated heterocycles. The maximum absolute atomic E-state index is 10.9. The van der Waals surface area contributed by atoms with Gasteiger partial charge in [0.05, 0.1) is 6.20 Å². The Hall–Kier alpha value is -1.44. The van der Waals surface area contributed by atoms with E-state index in [1.165, 1.54) is 43.4 Å². The van der Waals surface area contributed by atoms with Crippen LogP contribution in [-0.2, 0) is 16.1 Å². The number of nitrogens with one attached hydrogen (secondary N) is 2. The van der Waals surface area contributed by atoms with Crippen LogP contribution in [0.5, 0.6) is 0 Å². The van der Waals surface area contributed by atoms with Gasteiger partial charge in [-0.05, 0) is 38.6 Å². The number of likely N-dealkylation sites (N-methyl/N-ethyl adjacent to an activating group) is 1. The molecule has 2 aliphatic rings. The number of carbonyl (C=O) groups excluding carboxylic acids is 1. The Kier molecular flexibility index (Phi) is 11.3. The Balaban J connectivity index is 0.000000221. The van der Waals surface area contributed by atoms with E-state index in [-0.39, 0.29) is 5.91 Å². The lowest BCUT2D eigenvalue weighted by molar-refractivity contribution is -0.121. The number of carbonyl (C=O) groups is 1. The number of aromatic nitrogens is 2. The predicted molar refractivity (Wildman–Crippen MR) is 117 cm³/mol. The summed E-state index contributed by atoms with van der Waals surface area (Å²) in [4.78, 5) is 13.2. The average Bonchev–Trinajstić information content (AvgIpc) is 3.22. The summed E-state index contributed by atoms with van der Waals surface area (Å²) >= 11 is 0. The van der Waals surface area contributed by atoms with Crippen molar-refractivity contribution < 1.29 is 9.53 Å². The van der Waals surface area contributed by atoms with E-state index in [4.69, 9.17) is 10.5 Å². The maximum atomic E-state index is 10.9. The van der Waals surface area contributed by atoms with Crippen molar-refractivity contribution in [2.45, 2.75) is 70.8 Å². The highest BCUT2D eigenvalue weighted by atomic mass is 16.5. The molecule has 2 fully saturated rings. The first-order valence-electron chi connectivity index (χ1n) is 11.4. The average molecular weight is 408 g/mol. The van der Waals surface area contributed by atoms with E-state index in [9.17, 15) is 4.79 Å². The third-order valence-corrected chi connectivity index (χ3v) is 5.97. The second-order valence-electron chi connectivity index (χ2n) is 8.38. The van der Waals surface area contributed by atoms with Crippen molar-refractivity contribution in [3.8, 4) is 0 Å². The zero-order valence-corrected chi connectivity index (χ0v) is 18.4. The van der Waals surface area contributed by atoms with Crippen LogP contribution in [-0.4, -0.2) is 60.9 Å². The van der Waals surface area contributed by atoms with Crippen LogP contribution in [0.15, 0.2) is 6.20 Å². The molecule has 1 saturated carbocycles. The summed E-state index contributed by atoms with van der Waals surface area (Å²) in [6.45, 7) is 7.02. The van der Waals surface area contributed by atoms with Gasteiger partial charge in [0, 0.05) is 63.0 Å². The number of nitrogens with zero attached hydrogens (tertiary/aromatic N) is 2. The van der Waals surface area contributed by atoms with Crippen LogP contribution in [0.25, 0.3) is 0 Å². The molecular weight excluding hydrogens is 366 g/mol. The van der Waals surface area contributed by atoms with Gasteiger partial charge >= 0.3 is 0 Å². The number of rotatable bonds is 8. The summed E-state index contributed by atoms with van der Waals surface area (Å²) in [6, 6.07) is 0. The molecule has 166 valence electrons. The summed E-state index contributed by atoms with van der Waals surface area (Å²) in [5, 5.41) is 10.4. The quantitative estimate of drug-likeness (QED) is 0.616. The van der Waals surface area contributed by atoms with Crippen LogP contribution in [0.3, 0.4) is 0 Å². The second-order valence-corrected chi connectivity index (χ2v) is 8.38. The Morgan fingerprint density at radius 2 is 2.00 bits per heavy atom. The van der Waals surface area contributed by atoms with Crippen molar-refractivity contribution in [1.82, 2.24) is 20.4 Å². The molecule has 3 rings (SSSR count). The molecule has 4 N–H and O–H groups in total. The Morgan fingerprint density at radius 1 is 1.28 bits per heavy atom. The van der Waals surface area contributed by atoms with E-state index in [0.717, 1.165) is 45.7 Å². The fraction of sp³-hybridized carbons (Fsp3) is 0.818. The van der Waals surface area contributed by atoms with E-state index in [2.05, 4.69) is 27.5 Å². The fourth-order valence-electron chi connectivity index (χ4n) is 4.12. The molecule has 1 amide bonds. The van der Waals surface area contributed by atoms with Crippen LogP contribution >= 0.6 is 0 Å². The summed E-state index contributed by atoms with van der Waals surface area (Å²) in [5.74, 6) is 1.49. The van der Waals surface area contributed by atoms with Crippen LogP contribution in [0.4, 0.5) is 0 Å². The van der Waals surface area contributed by atoms with Gasteiger partial charge in [-0.3, -0.25) is 9.89 Å². The van der Waals surface area contributed by atoms with Gasteiger partial charge in [0.1, 0.15) is 0 Å². The molecule has 1 aromatic heterocycles. The van der Waals surface area contributed by atoms with Crippen molar-refractivity contribution in [3.63, 3.8) is 0 Å². The lowest BCUT2D eigenvalue weighted by Gasteiger charge is -2.23. The molecule has 29 heavy (non-hydrogen) atoms. The third-order valence-electron chi connectivity index (χ3n) is 5.97. The Labute approximate surface area is 176 Å². The standard InChI is InChI=1S/C13H24N4.C9H17NO2/c1-17(8-7-14)10-12-9-15-16-13(12)11-5-3-2-4-6-11;1-2-9(11)10-7-8-3-5-12-6-4-8/h9,11H,2-8,10,14H2,1H3,(H,15,16);8H,2-7H2,1H3,(H,10,11). The second kappa shape index (κ2) is 13.7. The van der Waals surface area contributed by atoms with Gasteiger partial charge in [-0.15, -0.1) is 0 Å². The minimum absolute atomic E-state index is 0.154. The molecule has 7 nitrogen and oxygen atoms in total. The zero-order chi connectivity index (χ0) is 20.9. The largest absolute Gasteiger partial charge is 0.381 e. The molecule has 0 spiro atoms. The van der Waals surface area contributed by atoms with Crippen LogP contribution in [0, 0.1) is 5.92 Å². The number of amides is 1. The molecule has 7 heteroatoms. The van der Waals surface area contributed by atoms with Gasteiger partial charge in [-0.1, -0.05) is 26.2 Å². The lowest BCUT2D eigenvalue weighted by atomic mass is 9.85. The third kappa shape index (κ3) is 8.84. The summed E-state index contributed by atoms with van der Waals surface area (Å²) < 4.78 is 5.22. The molecule has 0 radical (unpaired) electrons. The molecule has 0 bridgehead atoms. The lowest BCUT2D eigenvalue weighted by Crippen LogP contribution is -2.31. The molecule has 1 aliphatic heterocycles. The summed E-state index contributed by atoms with van der Waals surface area (Å²) in [5.41, 5.74) is 8.30. The maximum Gasteiger partial charge on any atom is 0.219 e. The minimum atomic E-state index is 0.154. The monoisotopic (exact) mass is 407 g/mol. The number of H-pyrrole nitrogens is 1. The molecular formula is C22H41N5O2. The van der Waals surface area contributed by atoms with Gasteiger partial charge < -0.3 is 20.7 Å². The Bertz CT molecular complexity index is 565.